The highest BCUT2D eigenvalue weighted by atomic mass is 16.5. The molecule has 1 aliphatic rings. The summed E-state index contributed by atoms with van der Waals surface area (Å²) in [7, 11) is 1.76. The average molecular weight is 454 g/mol. The highest BCUT2D eigenvalue weighted by Gasteiger charge is 2.28. The van der Waals surface area contributed by atoms with Crippen LogP contribution in [0.4, 0.5) is 0 Å². The van der Waals surface area contributed by atoms with E-state index in [1.807, 2.05) is 19.1 Å². The van der Waals surface area contributed by atoms with Gasteiger partial charge in [-0.3, -0.25) is 19.5 Å². The van der Waals surface area contributed by atoms with Gasteiger partial charge in [0, 0.05) is 13.0 Å². The topological polar surface area (TPSA) is 122 Å². The van der Waals surface area contributed by atoms with E-state index in [0.717, 1.165) is 55.3 Å². The van der Waals surface area contributed by atoms with Crippen molar-refractivity contribution in [1.29, 1.82) is 0 Å². The van der Waals surface area contributed by atoms with E-state index < -0.39 is 0 Å². The van der Waals surface area contributed by atoms with Crippen LogP contribution in [-0.2, 0) is 18.3 Å². The van der Waals surface area contributed by atoms with Crippen LogP contribution in [0.15, 0.2) is 23.0 Å². The largest absolute Gasteiger partial charge is 0.493 e. The number of hydrogen-bond acceptors (Lipinski definition) is 6. The molecule has 3 N–H and O–H groups in total. The average Bonchev–Trinajstić information content (AvgIpc) is 3.15. The fourth-order valence-corrected chi connectivity index (χ4v) is 4.83. The Morgan fingerprint density at radius 1 is 1.27 bits per heavy atom. The summed E-state index contributed by atoms with van der Waals surface area (Å²) in [6.07, 6.45) is 4.78. The Balaban J connectivity index is 1.74. The van der Waals surface area contributed by atoms with Crippen LogP contribution < -0.4 is 15.8 Å². The van der Waals surface area contributed by atoms with Crippen LogP contribution in [0.2, 0.25) is 0 Å². The van der Waals surface area contributed by atoms with E-state index in [-0.39, 0.29) is 23.3 Å². The molecule has 1 aliphatic carbocycles. The zero-order valence-corrected chi connectivity index (χ0v) is 19.4. The molecule has 1 amide bonds. The highest BCUT2D eigenvalue weighted by Crippen LogP contribution is 2.39. The minimum absolute atomic E-state index is 0.156. The van der Waals surface area contributed by atoms with Crippen molar-refractivity contribution in [2.24, 2.45) is 13.0 Å². The number of carbonyl (C=O) groups is 1. The number of nitrogens with zero attached hydrogens (tertiary/aromatic N) is 3. The summed E-state index contributed by atoms with van der Waals surface area (Å²) < 4.78 is 7.46. The summed E-state index contributed by atoms with van der Waals surface area (Å²) in [5, 5.41) is 13.4. The number of aryl methyl sites for hydroxylation is 2. The molecule has 1 aromatic carbocycles. The lowest BCUT2D eigenvalue weighted by Gasteiger charge is -2.28. The van der Waals surface area contributed by atoms with E-state index in [9.17, 15) is 9.59 Å². The number of rotatable bonds is 7. The Kier molecular flexibility index (Phi) is 6.78. The van der Waals surface area contributed by atoms with Gasteiger partial charge in [0.2, 0.25) is 5.91 Å². The number of nitrogens with one attached hydrogen (secondary N) is 2. The second-order valence-electron chi connectivity index (χ2n) is 8.65. The number of fused-ring (bicyclic) bond motifs is 1. The van der Waals surface area contributed by atoms with Crippen molar-refractivity contribution < 1.29 is 14.7 Å². The molecule has 0 unspecified atom stereocenters. The van der Waals surface area contributed by atoms with Crippen molar-refractivity contribution in [3.63, 3.8) is 0 Å². The molecule has 2 aromatic heterocycles. The molecule has 0 radical (unpaired) electrons. The Morgan fingerprint density at radius 2 is 2.03 bits per heavy atom. The molecule has 2 heterocycles. The smallest absolute Gasteiger partial charge is 0.277 e. The van der Waals surface area contributed by atoms with Gasteiger partial charge >= 0.3 is 0 Å². The van der Waals surface area contributed by atoms with Crippen LogP contribution in [0.3, 0.4) is 0 Å². The van der Waals surface area contributed by atoms with Gasteiger partial charge in [0.1, 0.15) is 17.1 Å². The van der Waals surface area contributed by atoms with Crippen molar-refractivity contribution in [3.05, 3.63) is 39.8 Å². The number of H-pyrrole nitrogens is 1. The van der Waals surface area contributed by atoms with Crippen LogP contribution in [0.25, 0.3) is 22.4 Å². The number of hydrogen-bond donors (Lipinski definition) is 3. The number of ether oxygens (including phenoxy) is 1. The predicted molar refractivity (Wildman–Crippen MR) is 124 cm³/mol. The van der Waals surface area contributed by atoms with Gasteiger partial charge in [0.15, 0.2) is 5.52 Å². The molecule has 0 aliphatic heterocycles. The summed E-state index contributed by atoms with van der Waals surface area (Å²) in [5.74, 6) is 0.952. The first-order valence-corrected chi connectivity index (χ1v) is 11.6. The molecule has 0 bridgehead atoms. The fourth-order valence-electron chi connectivity index (χ4n) is 4.83. The third-order valence-corrected chi connectivity index (χ3v) is 6.49. The third-order valence-electron chi connectivity index (χ3n) is 6.49. The van der Waals surface area contributed by atoms with Crippen molar-refractivity contribution in [2.75, 3.05) is 6.61 Å². The van der Waals surface area contributed by atoms with E-state index in [1.165, 1.54) is 0 Å². The number of hydroxylamine groups is 1. The molecular weight excluding hydrogens is 422 g/mol. The Labute approximate surface area is 192 Å². The Morgan fingerprint density at radius 3 is 2.70 bits per heavy atom. The summed E-state index contributed by atoms with van der Waals surface area (Å²) in [6, 6.07) is 6.03. The molecule has 176 valence electrons. The molecule has 0 spiro atoms. The SMILES string of the molecule is CCCc1nn(C)c2c(=O)[nH]c(-c3cc([C@H]4CC[C@H](C(=O)NO)CC4)ccc3OCC)nc12. The van der Waals surface area contributed by atoms with Gasteiger partial charge in [-0.25, -0.2) is 10.5 Å². The fraction of sp³-hybridized carbons (Fsp3) is 0.500. The third kappa shape index (κ3) is 4.50. The molecule has 3 aromatic rings. The standard InChI is InChI=1S/C24H31N5O4/c1-4-6-18-20-21(29(3)27-18)24(31)26-22(25-20)17-13-16(11-12-19(17)33-5-2)14-7-9-15(10-8-14)23(30)28-32/h11-15,32H,4-10H2,1-3H3,(H,28,30)(H,25,26,31)/t14-,15-. The number of aromatic nitrogens is 4. The zero-order chi connectivity index (χ0) is 23.5. The molecule has 4 rings (SSSR count). The van der Waals surface area contributed by atoms with Gasteiger partial charge in [-0.15, -0.1) is 0 Å². The van der Waals surface area contributed by atoms with Gasteiger partial charge in [0.25, 0.3) is 5.56 Å². The highest BCUT2D eigenvalue weighted by molar-refractivity contribution is 5.80. The van der Waals surface area contributed by atoms with Crippen molar-refractivity contribution >= 4 is 16.9 Å². The monoisotopic (exact) mass is 453 g/mol. The second-order valence-corrected chi connectivity index (χ2v) is 8.65. The maximum absolute atomic E-state index is 12.9. The first kappa shape index (κ1) is 23.0. The van der Waals surface area contributed by atoms with Gasteiger partial charge < -0.3 is 9.72 Å². The van der Waals surface area contributed by atoms with E-state index in [4.69, 9.17) is 14.9 Å². The lowest BCUT2D eigenvalue weighted by Crippen LogP contribution is -2.30. The van der Waals surface area contributed by atoms with Crippen molar-refractivity contribution in [3.8, 4) is 17.1 Å². The minimum Gasteiger partial charge on any atom is -0.493 e. The number of benzene rings is 1. The molecule has 9 heteroatoms. The maximum Gasteiger partial charge on any atom is 0.277 e. The van der Waals surface area contributed by atoms with Crippen molar-refractivity contribution in [2.45, 2.75) is 58.3 Å². The summed E-state index contributed by atoms with van der Waals surface area (Å²) in [6.45, 7) is 4.49. The molecule has 0 atom stereocenters. The first-order chi connectivity index (χ1) is 16.0. The Bertz CT molecular complexity index is 1210. The zero-order valence-electron chi connectivity index (χ0n) is 19.4. The van der Waals surface area contributed by atoms with E-state index in [2.05, 4.69) is 23.1 Å². The molecule has 1 fully saturated rings. The first-order valence-electron chi connectivity index (χ1n) is 11.6. The van der Waals surface area contributed by atoms with Crippen LogP contribution in [0.1, 0.15) is 63.1 Å². The lowest BCUT2D eigenvalue weighted by molar-refractivity contribution is -0.134. The normalized spacial score (nSPS) is 18.4. The Hall–Kier alpha value is -3.20. The lowest BCUT2D eigenvalue weighted by atomic mass is 9.78. The van der Waals surface area contributed by atoms with Crippen molar-refractivity contribution in [1.82, 2.24) is 25.2 Å². The van der Waals surface area contributed by atoms with Crippen LogP contribution in [0, 0.1) is 5.92 Å². The van der Waals surface area contributed by atoms with Crippen LogP contribution >= 0.6 is 0 Å². The number of aromatic amines is 1. The van der Waals surface area contributed by atoms with E-state index in [1.54, 1.807) is 17.2 Å². The molecule has 0 saturated heterocycles. The van der Waals surface area contributed by atoms with Gasteiger partial charge in [0.05, 0.1) is 17.9 Å². The molecule has 1 saturated carbocycles. The van der Waals surface area contributed by atoms with E-state index >= 15 is 0 Å². The summed E-state index contributed by atoms with van der Waals surface area (Å²) in [5.41, 5.74) is 5.33. The van der Waals surface area contributed by atoms with E-state index in [0.29, 0.717) is 29.2 Å². The summed E-state index contributed by atoms with van der Waals surface area (Å²) >= 11 is 0. The van der Waals surface area contributed by atoms with Crippen LogP contribution in [-0.4, -0.2) is 37.5 Å². The molecular formula is C24H31N5O4. The van der Waals surface area contributed by atoms with Gasteiger partial charge in [-0.2, -0.15) is 5.10 Å². The number of carbonyl (C=O) groups excluding carboxylic acids is 1. The molecule has 9 nitrogen and oxygen atoms in total. The second kappa shape index (κ2) is 9.74. The van der Waals surface area contributed by atoms with Crippen LogP contribution in [0.5, 0.6) is 5.75 Å². The minimum atomic E-state index is -0.310. The van der Waals surface area contributed by atoms with Gasteiger partial charge in [-0.05, 0) is 62.6 Å². The summed E-state index contributed by atoms with van der Waals surface area (Å²) in [4.78, 5) is 32.4. The molecule has 33 heavy (non-hydrogen) atoms. The number of amides is 1. The van der Waals surface area contributed by atoms with Gasteiger partial charge in [-0.1, -0.05) is 19.4 Å². The maximum atomic E-state index is 12.9. The predicted octanol–water partition coefficient (Wildman–Crippen LogP) is 3.45. The quantitative estimate of drug-likeness (QED) is 0.372.